The van der Waals surface area contributed by atoms with Gasteiger partial charge in [0.1, 0.15) is 18.3 Å². The van der Waals surface area contributed by atoms with E-state index >= 15 is 0 Å². The third-order valence-electron chi connectivity index (χ3n) is 5.38. The van der Waals surface area contributed by atoms with Gasteiger partial charge < -0.3 is 15.0 Å². The smallest absolute Gasteiger partial charge is 0.244 e. The van der Waals surface area contributed by atoms with E-state index in [9.17, 15) is 18.0 Å². The van der Waals surface area contributed by atoms with Crippen LogP contribution in [0.1, 0.15) is 32.8 Å². The van der Waals surface area contributed by atoms with E-state index in [2.05, 4.69) is 5.32 Å². The van der Waals surface area contributed by atoms with Crippen molar-refractivity contribution in [3.05, 3.63) is 59.1 Å². The predicted octanol–water partition coefficient (Wildman–Crippen LogP) is 3.69. The van der Waals surface area contributed by atoms with Crippen LogP contribution in [-0.2, 0) is 26.2 Å². The highest BCUT2D eigenvalue weighted by molar-refractivity contribution is 7.92. The number of rotatable bonds is 12. The molecular weight excluding hydrogens is 490 g/mol. The molecule has 10 heteroatoms. The summed E-state index contributed by atoms with van der Waals surface area (Å²) >= 11 is 5.95. The fourth-order valence-electron chi connectivity index (χ4n) is 3.49. The Hall–Kier alpha value is -2.78. The number of halogens is 1. The summed E-state index contributed by atoms with van der Waals surface area (Å²) in [6.45, 7) is 5.94. The zero-order valence-electron chi connectivity index (χ0n) is 20.8. The SMILES string of the molecule is CCC(C(=O)NCC(C)C)N(Cc1ccc(OC)cc1)C(=O)CN(c1ccc(Cl)cc1)S(C)(=O)=O. The second kappa shape index (κ2) is 12.8. The maximum absolute atomic E-state index is 13.6. The Balaban J connectivity index is 2.40. The maximum Gasteiger partial charge on any atom is 0.244 e. The van der Waals surface area contributed by atoms with Crippen molar-refractivity contribution in [1.82, 2.24) is 10.2 Å². The van der Waals surface area contributed by atoms with Crippen molar-refractivity contribution in [3.8, 4) is 5.75 Å². The maximum atomic E-state index is 13.6. The van der Waals surface area contributed by atoms with E-state index in [1.807, 2.05) is 32.9 Å². The molecule has 1 unspecified atom stereocenters. The van der Waals surface area contributed by atoms with Crippen LogP contribution < -0.4 is 14.4 Å². The van der Waals surface area contributed by atoms with Crippen molar-refractivity contribution >= 4 is 39.1 Å². The number of hydrogen-bond donors (Lipinski definition) is 1. The molecule has 0 aliphatic rings. The van der Waals surface area contributed by atoms with Gasteiger partial charge >= 0.3 is 0 Å². The molecule has 0 fully saturated rings. The van der Waals surface area contributed by atoms with Gasteiger partial charge in [-0.2, -0.15) is 0 Å². The lowest BCUT2D eigenvalue weighted by Crippen LogP contribution is -2.52. The minimum absolute atomic E-state index is 0.134. The molecule has 0 radical (unpaired) electrons. The minimum Gasteiger partial charge on any atom is -0.497 e. The first-order valence-electron chi connectivity index (χ1n) is 11.4. The minimum atomic E-state index is -3.79. The highest BCUT2D eigenvalue weighted by Gasteiger charge is 2.31. The van der Waals surface area contributed by atoms with Crippen LogP contribution in [0.2, 0.25) is 5.02 Å². The quantitative estimate of drug-likeness (QED) is 0.457. The fraction of sp³-hybridized carbons (Fsp3) is 0.440. The molecule has 0 saturated heterocycles. The number of ether oxygens (including phenoxy) is 1. The third-order valence-corrected chi connectivity index (χ3v) is 6.77. The van der Waals surface area contributed by atoms with Crippen molar-refractivity contribution in [1.29, 1.82) is 0 Å². The zero-order valence-corrected chi connectivity index (χ0v) is 22.4. The number of benzene rings is 2. The van der Waals surface area contributed by atoms with Gasteiger partial charge in [0.2, 0.25) is 21.8 Å². The Kier molecular flexibility index (Phi) is 10.4. The molecule has 0 heterocycles. The van der Waals surface area contributed by atoms with Crippen molar-refractivity contribution in [3.63, 3.8) is 0 Å². The molecule has 0 aliphatic carbocycles. The van der Waals surface area contributed by atoms with Crippen LogP contribution >= 0.6 is 11.6 Å². The lowest BCUT2D eigenvalue weighted by molar-refractivity contribution is -0.140. The van der Waals surface area contributed by atoms with Crippen LogP contribution in [0.15, 0.2) is 48.5 Å². The molecule has 1 atom stereocenters. The number of sulfonamides is 1. The zero-order chi connectivity index (χ0) is 26.2. The number of carbonyl (C=O) groups excluding carboxylic acids is 2. The number of carbonyl (C=O) groups is 2. The van der Waals surface area contributed by atoms with Crippen LogP contribution in [0, 0.1) is 5.92 Å². The molecule has 2 aromatic rings. The molecular formula is C25H34ClN3O5S. The Morgan fingerprint density at radius 1 is 1.06 bits per heavy atom. The van der Waals surface area contributed by atoms with Gasteiger partial charge in [-0.15, -0.1) is 0 Å². The summed E-state index contributed by atoms with van der Waals surface area (Å²) < 4.78 is 31.4. The van der Waals surface area contributed by atoms with Gasteiger partial charge in [-0.25, -0.2) is 8.42 Å². The van der Waals surface area contributed by atoms with Gasteiger partial charge in [0, 0.05) is 18.1 Å². The Labute approximate surface area is 213 Å². The molecule has 0 bridgehead atoms. The van der Waals surface area contributed by atoms with Crippen LogP contribution in [-0.4, -0.2) is 57.6 Å². The van der Waals surface area contributed by atoms with Crippen molar-refractivity contribution in [2.45, 2.75) is 39.8 Å². The first kappa shape index (κ1) is 28.5. The largest absolute Gasteiger partial charge is 0.497 e. The molecule has 0 spiro atoms. The average molecular weight is 524 g/mol. The van der Waals surface area contributed by atoms with E-state index in [-0.39, 0.29) is 18.4 Å². The topological polar surface area (TPSA) is 96.0 Å². The summed E-state index contributed by atoms with van der Waals surface area (Å²) in [5, 5.41) is 3.34. The van der Waals surface area contributed by atoms with Crippen molar-refractivity contribution < 1.29 is 22.7 Å². The first-order valence-corrected chi connectivity index (χ1v) is 13.6. The number of nitrogens with one attached hydrogen (secondary N) is 1. The molecule has 192 valence electrons. The normalized spacial score (nSPS) is 12.2. The number of hydrogen-bond acceptors (Lipinski definition) is 5. The molecule has 35 heavy (non-hydrogen) atoms. The summed E-state index contributed by atoms with van der Waals surface area (Å²) in [6.07, 6.45) is 1.40. The molecule has 2 amide bonds. The number of nitrogens with zero attached hydrogens (tertiary/aromatic N) is 2. The lowest BCUT2D eigenvalue weighted by Gasteiger charge is -2.33. The van der Waals surface area contributed by atoms with Gasteiger partial charge in [0.25, 0.3) is 0 Å². The highest BCUT2D eigenvalue weighted by Crippen LogP contribution is 2.22. The van der Waals surface area contributed by atoms with Gasteiger partial charge in [-0.05, 0) is 54.3 Å². The molecule has 1 N–H and O–H groups in total. The fourth-order valence-corrected chi connectivity index (χ4v) is 4.47. The Bertz CT molecular complexity index is 1090. The second-order valence-corrected chi connectivity index (χ2v) is 11.0. The van der Waals surface area contributed by atoms with Gasteiger partial charge in [-0.3, -0.25) is 13.9 Å². The number of anilines is 1. The Morgan fingerprint density at radius 2 is 1.66 bits per heavy atom. The van der Waals surface area contributed by atoms with Crippen molar-refractivity contribution in [2.75, 3.05) is 30.8 Å². The van der Waals surface area contributed by atoms with E-state index in [0.29, 0.717) is 29.4 Å². The second-order valence-electron chi connectivity index (χ2n) is 8.68. The summed E-state index contributed by atoms with van der Waals surface area (Å²) in [5.74, 6) is 0.139. The van der Waals surface area contributed by atoms with E-state index in [1.165, 1.54) is 17.0 Å². The van der Waals surface area contributed by atoms with E-state index in [1.54, 1.807) is 31.4 Å². The summed E-state index contributed by atoms with van der Waals surface area (Å²) in [4.78, 5) is 28.1. The van der Waals surface area contributed by atoms with Crippen LogP contribution in [0.4, 0.5) is 5.69 Å². The van der Waals surface area contributed by atoms with E-state index in [4.69, 9.17) is 16.3 Å². The highest BCUT2D eigenvalue weighted by atomic mass is 35.5. The number of methoxy groups -OCH3 is 1. The first-order chi connectivity index (χ1) is 16.5. The average Bonchev–Trinajstić information content (AvgIpc) is 2.81. The summed E-state index contributed by atoms with van der Waals surface area (Å²) in [5.41, 5.74) is 1.10. The van der Waals surface area contributed by atoms with E-state index in [0.717, 1.165) is 16.1 Å². The third kappa shape index (κ3) is 8.43. The molecule has 0 saturated carbocycles. The van der Waals surface area contributed by atoms with Gasteiger partial charge in [0.15, 0.2) is 0 Å². The number of amides is 2. The van der Waals surface area contributed by atoms with Gasteiger partial charge in [0.05, 0.1) is 19.1 Å². The lowest BCUT2D eigenvalue weighted by atomic mass is 10.1. The predicted molar refractivity (Wildman–Crippen MR) is 139 cm³/mol. The molecule has 2 aromatic carbocycles. The molecule has 0 aromatic heterocycles. The summed E-state index contributed by atoms with van der Waals surface area (Å²) in [6, 6.07) is 12.6. The molecule has 0 aliphatic heterocycles. The standard InChI is InChI=1S/C25H34ClN3O5S/c1-6-23(25(31)27-15-18(2)3)28(16-19-7-13-22(34-4)14-8-19)24(30)17-29(35(5,32)33)21-11-9-20(26)10-12-21/h7-14,18,23H,6,15-17H2,1-5H3,(H,27,31). The molecule has 8 nitrogen and oxygen atoms in total. The van der Waals surface area contributed by atoms with E-state index < -0.39 is 28.5 Å². The van der Waals surface area contributed by atoms with Crippen LogP contribution in [0.25, 0.3) is 0 Å². The Morgan fingerprint density at radius 3 is 2.14 bits per heavy atom. The van der Waals surface area contributed by atoms with Crippen molar-refractivity contribution in [2.24, 2.45) is 5.92 Å². The van der Waals surface area contributed by atoms with Crippen LogP contribution in [0.5, 0.6) is 5.75 Å². The monoisotopic (exact) mass is 523 g/mol. The van der Waals surface area contributed by atoms with Gasteiger partial charge in [-0.1, -0.05) is 44.5 Å². The molecule has 2 rings (SSSR count). The van der Waals surface area contributed by atoms with Crippen LogP contribution in [0.3, 0.4) is 0 Å². The summed E-state index contributed by atoms with van der Waals surface area (Å²) in [7, 11) is -2.23.